The fourth-order valence-electron chi connectivity index (χ4n) is 3.44. The Kier molecular flexibility index (Phi) is 8.06. The highest BCUT2D eigenvalue weighted by molar-refractivity contribution is 7.23. The summed E-state index contributed by atoms with van der Waals surface area (Å²) in [5.41, 5.74) is 0.803. The molecule has 0 aromatic carbocycles. The Morgan fingerprint density at radius 2 is 1.97 bits per heavy atom. The summed E-state index contributed by atoms with van der Waals surface area (Å²) in [6.45, 7) is 8.87. The van der Waals surface area contributed by atoms with Gasteiger partial charge < -0.3 is 9.80 Å². The van der Waals surface area contributed by atoms with E-state index in [-0.39, 0.29) is 11.8 Å². The van der Waals surface area contributed by atoms with E-state index in [9.17, 15) is 9.59 Å². The van der Waals surface area contributed by atoms with Crippen molar-refractivity contribution < 1.29 is 9.59 Å². The van der Waals surface area contributed by atoms with Crippen molar-refractivity contribution in [1.29, 1.82) is 0 Å². The zero-order chi connectivity index (χ0) is 20.8. The second-order valence-corrected chi connectivity index (χ2v) is 9.57. The summed E-state index contributed by atoms with van der Waals surface area (Å²) in [6, 6.07) is 3.82. The molecule has 2 amide bonds. The third-order valence-electron chi connectivity index (χ3n) is 5.08. The quantitative estimate of drug-likeness (QED) is 0.642. The number of thiophene rings is 1. The Morgan fingerprint density at radius 1 is 1.17 bits per heavy atom. The Morgan fingerprint density at radius 3 is 2.66 bits per heavy atom. The average molecular weight is 455 g/mol. The zero-order valence-corrected chi connectivity index (χ0v) is 19.3. The topological polar surface area (TPSA) is 56.8 Å². The monoisotopic (exact) mass is 454 g/mol. The largest absolute Gasteiger partial charge is 0.342 e. The van der Waals surface area contributed by atoms with Gasteiger partial charge in [0.15, 0.2) is 0 Å². The smallest absolute Gasteiger partial charge is 0.236 e. The molecule has 2 aromatic rings. The molecule has 0 N–H and O–H groups in total. The number of carbonyl (C=O) groups excluding carboxylic acids is 2. The predicted molar refractivity (Wildman–Crippen MR) is 120 cm³/mol. The van der Waals surface area contributed by atoms with Crippen molar-refractivity contribution in [3.8, 4) is 9.88 Å². The number of carbonyl (C=O) groups is 2. The van der Waals surface area contributed by atoms with Gasteiger partial charge in [-0.15, -0.1) is 22.7 Å². The number of amides is 2. The maximum absolute atomic E-state index is 12.8. The fraction of sp³-hybridized carbons (Fsp3) is 0.550. The molecule has 0 bridgehead atoms. The van der Waals surface area contributed by atoms with Crippen LogP contribution < -0.4 is 0 Å². The molecule has 1 aliphatic rings. The second-order valence-electron chi connectivity index (χ2n) is 7.00. The number of halogens is 1. The molecular weight excluding hydrogens is 428 g/mol. The summed E-state index contributed by atoms with van der Waals surface area (Å²) in [4.78, 5) is 36.7. The van der Waals surface area contributed by atoms with Crippen LogP contribution in [-0.4, -0.2) is 77.3 Å². The Balaban J connectivity index is 1.52. The molecule has 1 saturated heterocycles. The minimum Gasteiger partial charge on any atom is -0.342 e. The van der Waals surface area contributed by atoms with Crippen molar-refractivity contribution in [2.24, 2.45) is 0 Å². The molecule has 2 aromatic heterocycles. The highest BCUT2D eigenvalue weighted by Crippen LogP contribution is 2.33. The molecular formula is C20H27ClN4O2S2. The molecule has 0 atom stereocenters. The summed E-state index contributed by atoms with van der Waals surface area (Å²) in [5.74, 6) is 0.265. The van der Waals surface area contributed by atoms with E-state index < -0.39 is 0 Å². The third kappa shape index (κ3) is 6.01. The van der Waals surface area contributed by atoms with Gasteiger partial charge in [0, 0.05) is 44.6 Å². The van der Waals surface area contributed by atoms with Gasteiger partial charge in [-0.2, -0.15) is 0 Å². The van der Waals surface area contributed by atoms with Crippen LogP contribution in [0.5, 0.6) is 0 Å². The lowest BCUT2D eigenvalue weighted by atomic mass is 10.3. The molecule has 6 nitrogen and oxygen atoms in total. The molecule has 158 valence electrons. The zero-order valence-electron chi connectivity index (χ0n) is 16.9. The van der Waals surface area contributed by atoms with E-state index in [2.05, 4.69) is 9.88 Å². The van der Waals surface area contributed by atoms with Gasteiger partial charge in [-0.3, -0.25) is 14.5 Å². The predicted octanol–water partition coefficient (Wildman–Crippen LogP) is 3.47. The summed E-state index contributed by atoms with van der Waals surface area (Å²) in [7, 11) is 0. The van der Waals surface area contributed by atoms with E-state index in [1.807, 2.05) is 41.2 Å². The van der Waals surface area contributed by atoms with E-state index in [0.29, 0.717) is 19.5 Å². The van der Waals surface area contributed by atoms with Crippen LogP contribution in [0.15, 0.2) is 17.5 Å². The number of rotatable bonds is 7. The normalized spacial score (nSPS) is 15.3. The molecule has 29 heavy (non-hydrogen) atoms. The van der Waals surface area contributed by atoms with Crippen molar-refractivity contribution in [3.63, 3.8) is 0 Å². The maximum Gasteiger partial charge on any atom is 0.236 e. The standard InChI is InChI=1S/C20H27ClN4O2S2/c1-3-24(4-2)19(27)13-23-8-5-9-25(11-10-23)18(26)12-15-14-28-20(22-15)16-6-7-17(21)29-16/h6-7,14H,3-5,8-13H2,1-2H3. The average Bonchev–Trinajstić information content (AvgIpc) is 3.27. The van der Waals surface area contributed by atoms with E-state index in [0.717, 1.165) is 59.1 Å². The molecule has 9 heteroatoms. The van der Waals surface area contributed by atoms with E-state index in [1.54, 1.807) is 11.3 Å². The molecule has 0 aliphatic carbocycles. The Labute approximate surface area is 185 Å². The molecule has 0 spiro atoms. The summed E-state index contributed by atoms with van der Waals surface area (Å²) in [6.07, 6.45) is 1.20. The van der Waals surface area contributed by atoms with Gasteiger partial charge in [0.2, 0.25) is 11.8 Å². The van der Waals surface area contributed by atoms with Crippen molar-refractivity contribution in [1.82, 2.24) is 19.7 Å². The van der Waals surface area contributed by atoms with Crippen molar-refractivity contribution in [2.75, 3.05) is 45.8 Å². The first-order valence-corrected chi connectivity index (χ1v) is 12.1. The lowest BCUT2D eigenvalue weighted by Crippen LogP contribution is -2.42. The van der Waals surface area contributed by atoms with Crippen LogP contribution >= 0.6 is 34.3 Å². The van der Waals surface area contributed by atoms with Crippen molar-refractivity contribution in [3.05, 3.63) is 27.5 Å². The van der Waals surface area contributed by atoms with Gasteiger partial charge in [0.1, 0.15) is 5.01 Å². The fourth-order valence-corrected chi connectivity index (χ4v) is 5.38. The first kappa shape index (κ1) is 22.2. The van der Waals surface area contributed by atoms with Crippen molar-refractivity contribution >= 4 is 46.1 Å². The van der Waals surface area contributed by atoms with E-state index in [1.165, 1.54) is 11.3 Å². The van der Waals surface area contributed by atoms with Crippen LogP contribution in [0.25, 0.3) is 9.88 Å². The van der Waals surface area contributed by atoms with Gasteiger partial charge in [-0.25, -0.2) is 4.98 Å². The number of thiazole rings is 1. The van der Waals surface area contributed by atoms with Crippen molar-refractivity contribution in [2.45, 2.75) is 26.7 Å². The van der Waals surface area contributed by atoms with E-state index in [4.69, 9.17) is 11.6 Å². The SMILES string of the molecule is CCN(CC)C(=O)CN1CCCN(C(=O)Cc2csc(-c3ccc(Cl)s3)n2)CC1. The third-order valence-corrected chi connectivity index (χ3v) is 7.38. The number of hydrogen-bond acceptors (Lipinski definition) is 6. The summed E-state index contributed by atoms with van der Waals surface area (Å²) >= 11 is 9.04. The minimum absolute atomic E-state index is 0.1000. The first-order chi connectivity index (χ1) is 14.0. The molecule has 1 aliphatic heterocycles. The van der Waals surface area contributed by atoms with E-state index >= 15 is 0 Å². The molecule has 0 radical (unpaired) electrons. The molecule has 0 unspecified atom stereocenters. The number of nitrogens with zero attached hydrogens (tertiary/aromatic N) is 4. The molecule has 3 rings (SSSR count). The highest BCUT2D eigenvalue weighted by atomic mass is 35.5. The Hall–Kier alpha value is -1.48. The van der Waals surface area contributed by atoms with Gasteiger partial charge in [0.05, 0.1) is 27.9 Å². The number of aromatic nitrogens is 1. The maximum atomic E-state index is 12.8. The molecule has 1 fully saturated rings. The van der Waals surface area contributed by atoms with Gasteiger partial charge in [-0.05, 0) is 32.4 Å². The second kappa shape index (κ2) is 10.5. The summed E-state index contributed by atoms with van der Waals surface area (Å²) in [5, 5.41) is 2.86. The lowest BCUT2D eigenvalue weighted by Gasteiger charge is -2.25. The first-order valence-electron chi connectivity index (χ1n) is 9.98. The van der Waals surface area contributed by atoms with Crippen LogP contribution in [0.4, 0.5) is 0 Å². The molecule has 0 saturated carbocycles. The molecule has 3 heterocycles. The van der Waals surface area contributed by atoms with Crippen LogP contribution in [-0.2, 0) is 16.0 Å². The number of likely N-dealkylation sites (N-methyl/N-ethyl adjacent to an activating group) is 1. The van der Waals surface area contributed by atoms with Crippen LogP contribution in [0.1, 0.15) is 26.0 Å². The van der Waals surface area contributed by atoms with Crippen LogP contribution in [0.3, 0.4) is 0 Å². The van der Waals surface area contributed by atoms with Gasteiger partial charge >= 0.3 is 0 Å². The lowest BCUT2D eigenvalue weighted by molar-refractivity contribution is -0.132. The Bertz CT molecular complexity index is 834. The highest BCUT2D eigenvalue weighted by Gasteiger charge is 2.22. The minimum atomic E-state index is 0.1000. The number of hydrogen-bond donors (Lipinski definition) is 0. The summed E-state index contributed by atoms with van der Waals surface area (Å²) < 4.78 is 0.737. The van der Waals surface area contributed by atoms with Crippen LogP contribution in [0.2, 0.25) is 4.34 Å². The van der Waals surface area contributed by atoms with Gasteiger partial charge in [-0.1, -0.05) is 11.6 Å². The van der Waals surface area contributed by atoms with Crippen LogP contribution in [0, 0.1) is 0 Å². The van der Waals surface area contributed by atoms with Gasteiger partial charge in [0.25, 0.3) is 0 Å².